The van der Waals surface area contributed by atoms with Crippen molar-refractivity contribution in [2.24, 2.45) is 4.99 Å². The van der Waals surface area contributed by atoms with Crippen molar-refractivity contribution < 1.29 is 27.4 Å². The lowest BCUT2D eigenvalue weighted by Gasteiger charge is -2.17. The van der Waals surface area contributed by atoms with E-state index in [0.29, 0.717) is 17.9 Å². The van der Waals surface area contributed by atoms with Crippen LogP contribution in [0.5, 0.6) is 5.75 Å². The Morgan fingerprint density at radius 3 is 2.33 bits per heavy atom. The Morgan fingerprint density at radius 2 is 1.73 bits per heavy atom. The molecule has 0 aliphatic rings. The zero-order valence-electron chi connectivity index (χ0n) is 17.0. The zero-order chi connectivity index (χ0) is 22.3. The highest BCUT2D eigenvalue weighted by Gasteiger charge is 2.19. The van der Waals surface area contributed by atoms with E-state index in [1.54, 1.807) is 31.2 Å². The number of ether oxygens (including phenoxy) is 1. The molecule has 0 spiro atoms. The van der Waals surface area contributed by atoms with Crippen LogP contribution in [0, 0.1) is 23.3 Å². The van der Waals surface area contributed by atoms with Crippen LogP contribution in [-0.2, 0) is 6.54 Å². The monoisotopic (exact) mass is 427 g/mol. The maximum absolute atomic E-state index is 13.8. The third-order valence-corrected chi connectivity index (χ3v) is 4.02. The quantitative estimate of drug-likeness (QED) is 0.259. The standard InChI is InChI=1S/C21H25F4N3O2/c1-4-26-21(27-10-15-19(24)16(22)9-17(23)20(15)25)28-11-18(29)13-6-5-7-14(8-13)30-12(2)3/h5-9,12,18,29H,4,10-11H2,1-3H3,(H2,26,27,28). The minimum absolute atomic E-state index is 0.0172. The van der Waals surface area contributed by atoms with Crippen molar-refractivity contribution in [2.45, 2.75) is 39.5 Å². The molecule has 0 amide bonds. The summed E-state index contributed by atoms with van der Waals surface area (Å²) in [4.78, 5) is 3.96. The normalized spacial score (nSPS) is 12.8. The van der Waals surface area contributed by atoms with Gasteiger partial charge in [-0.3, -0.25) is 0 Å². The predicted octanol–water partition coefficient (Wildman–Crippen LogP) is 3.82. The molecular weight excluding hydrogens is 402 g/mol. The third-order valence-electron chi connectivity index (χ3n) is 4.02. The van der Waals surface area contributed by atoms with Gasteiger partial charge in [0.25, 0.3) is 0 Å². The smallest absolute Gasteiger partial charge is 0.191 e. The Bertz CT molecular complexity index is 865. The van der Waals surface area contributed by atoms with Crippen LogP contribution in [-0.4, -0.2) is 30.3 Å². The van der Waals surface area contributed by atoms with Crippen LogP contribution in [0.1, 0.15) is 38.0 Å². The lowest BCUT2D eigenvalue weighted by molar-refractivity contribution is 0.179. The first-order valence-electron chi connectivity index (χ1n) is 9.51. The number of nitrogens with zero attached hydrogens (tertiary/aromatic N) is 1. The fourth-order valence-electron chi connectivity index (χ4n) is 2.64. The van der Waals surface area contributed by atoms with Gasteiger partial charge < -0.3 is 20.5 Å². The molecule has 1 unspecified atom stereocenters. The number of hydrogen-bond donors (Lipinski definition) is 3. The Morgan fingerprint density at radius 1 is 1.07 bits per heavy atom. The number of benzene rings is 2. The molecule has 0 bridgehead atoms. The van der Waals surface area contributed by atoms with Crippen molar-refractivity contribution in [3.05, 3.63) is 64.7 Å². The second-order valence-corrected chi connectivity index (χ2v) is 6.78. The van der Waals surface area contributed by atoms with Gasteiger partial charge in [0.1, 0.15) is 5.75 Å². The van der Waals surface area contributed by atoms with Crippen molar-refractivity contribution >= 4 is 5.96 Å². The van der Waals surface area contributed by atoms with Gasteiger partial charge in [-0.15, -0.1) is 0 Å². The lowest BCUT2D eigenvalue weighted by atomic mass is 10.1. The fraction of sp³-hybridized carbons (Fsp3) is 0.381. The first-order chi connectivity index (χ1) is 14.2. The fourth-order valence-corrected chi connectivity index (χ4v) is 2.64. The van der Waals surface area contributed by atoms with E-state index in [9.17, 15) is 22.7 Å². The highest BCUT2D eigenvalue weighted by molar-refractivity contribution is 5.79. The van der Waals surface area contributed by atoms with Crippen LogP contribution in [0.15, 0.2) is 35.3 Å². The molecule has 0 saturated carbocycles. The number of halogens is 4. The van der Waals surface area contributed by atoms with E-state index in [4.69, 9.17) is 4.74 Å². The summed E-state index contributed by atoms with van der Waals surface area (Å²) in [5.41, 5.74) is -0.218. The zero-order valence-corrected chi connectivity index (χ0v) is 17.0. The molecule has 0 aromatic heterocycles. The number of hydrogen-bond acceptors (Lipinski definition) is 3. The molecule has 0 fully saturated rings. The van der Waals surface area contributed by atoms with Gasteiger partial charge in [0, 0.05) is 19.2 Å². The van der Waals surface area contributed by atoms with Crippen LogP contribution in [0.3, 0.4) is 0 Å². The molecule has 0 saturated heterocycles. The molecular formula is C21H25F4N3O2. The SMILES string of the molecule is CCNC(=NCc1c(F)c(F)cc(F)c1F)NCC(O)c1cccc(OC(C)C)c1. The summed E-state index contributed by atoms with van der Waals surface area (Å²) in [6.45, 7) is 5.36. The summed E-state index contributed by atoms with van der Waals surface area (Å²) < 4.78 is 59.9. The summed E-state index contributed by atoms with van der Waals surface area (Å²) in [6.07, 6.45) is -0.943. The maximum Gasteiger partial charge on any atom is 0.191 e. The molecule has 3 N–H and O–H groups in total. The third kappa shape index (κ3) is 6.35. The van der Waals surface area contributed by atoms with E-state index in [1.165, 1.54) is 0 Å². The Kier molecular flexibility index (Phi) is 8.46. The molecule has 1 atom stereocenters. The van der Waals surface area contributed by atoms with Gasteiger partial charge in [0.05, 0.1) is 24.3 Å². The van der Waals surface area contributed by atoms with E-state index in [1.807, 2.05) is 13.8 Å². The number of nitrogens with one attached hydrogen (secondary N) is 2. The maximum atomic E-state index is 13.8. The van der Waals surface area contributed by atoms with Crippen LogP contribution >= 0.6 is 0 Å². The van der Waals surface area contributed by atoms with Crippen LogP contribution in [0.2, 0.25) is 0 Å². The van der Waals surface area contributed by atoms with Crippen molar-refractivity contribution in [1.29, 1.82) is 0 Å². The minimum atomic E-state index is -1.49. The van der Waals surface area contributed by atoms with Gasteiger partial charge in [-0.2, -0.15) is 0 Å². The first-order valence-corrected chi connectivity index (χ1v) is 9.51. The van der Waals surface area contributed by atoms with E-state index >= 15 is 0 Å². The Hall–Kier alpha value is -2.81. The second kappa shape index (κ2) is 10.8. The topological polar surface area (TPSA) is 65.9 Å². The average Bonchev–Trinajstić information content (AvgIpc) is 2.69. The molecule has 2 aromatic rings. The lowest BCUT2D eigenvalue weighted by Crippen LogP contribution is -2.39. The molecule has 30 heavy (non-hydrogen) atoms. The molecule has 2 aromatic carbocycles. The molecule has 0 radical (unpaired) electrons. The van der Waals surface area contributed by atoms with Crippen LogP contribution in [0.4, 0.5) is 17.6 Å². The summed E-state index contributed by atoms with van der Waals surface area (Å²) in [5, 5.41) is 16.1. The summed E-state index contributed by atoms with van der Waals surface area (Å²) in [7, 11) is 0. The molecule has 9 heteroatoms. The number of aliphatic hydroxyl groups is 1. The van der Waals surface area contributed by atoms with E-state index in [-0.39, 0.29) is 24.7 Å². The number of rotatable bonds is 8. The molecule has 0 heterocycles. The summed E-state index contributed by atoms with van der Waals surface area (Å²) in [6, 6.07) is 7.10. The van der Waals surface area contributed by atoms with E-state index in [2.05, 4.69) is 15.6 Å². The molecule has 5 nitrogen and oxygen atoms in total. The molecule has 0 aliphatic carbocycles. The predicted molar refractivity (Wildman–Crippen MR) is 106 cm³/mol. The average molecular weight is 427 g/mol. The second-order valence-electron chi connectivity index (χ2n) is 6.78. The van der Waals surface area contributed by atoms with Crippen LogP contribution < -0.4 is 15.4 Å². The van der Waals surface area contributed by atoms with Crippen molar-refractivity contribution in [2.75, 3.05) is 13.1 Å². The highest BCUT2D eigenvalue weighted by Crippen LogP contribution is 2.21. The largest absolute Gasteiger partial charge is 0.491 e. The van der Waals surface area contributed by atoms with Crippen molar-refractivity contribution in [3.63, 3.8) is 0 Å². The number of guanidine groups is 1. The van der Waals surface area contributed by atoms with Crippen molar-refractivity contribution in [1.82, 2.24) is 10.6 Å². The van der Waals surface area contributed by atoms with Gasteiger partial charge in [0.2, 0.25) is 0 Å². The van der Waals surface area contributed by atoms with Gasteiger partial charge in [-0.05, 0) is 38.5 Å². The van der Waals surface area contributed by atoms with Gasteiger partial charge >= 0.3 is 0 Å². The summed E-state index contributed by atoms with van der Waals surface area (Å²) >= 11 is 0. The Labute approximate surface area is 172 Å². The van der Waals surface area contributed by atoms with Gasteiger partial charge in [0.15, 0.2) is 29.2 Å². The number of aliphatic imine (C=N–C) groups is 1. The van der Waals surface area contributed by atoms with E-state index in [0.717, 1.165) is 0 Å². The van der Waals surface area contributed by atoms with Crippen LogP contribution in [0.25, 0.3) is 0 Å². The summed E-state index contributed by atoms with van der Waals surface area (Å²) in [5.74, 6) is -5.23. The minimum Gasteiger partial charge on any atom is -0.491 e. The highest BCUT2D eigenvalue weighted by atomic mass is 19.2. The number of aliphatic hydroxyl groups excluding tert-OH is 1. The van der Waals surface area contributed by atoms with E-state index < -0.39 is 41.5 Å². The molecule has 0 aliphatic heterocycles. The molecule has 2 rings (SSSR count). The molecule has 164 valence electrons. The van der Waals surface area contributed by atoms with Gasteiger partial charge in [-0.1, -0.05) is 12.1 Å². The Balaban J connectivity index is 2.09. The van der Waals surface area contributed by atoms with Crippen molar-refractivity contribution in [3.8, 4) is 5.75 Å². The first kappa shape index (κ1) is 23.5. The van der Waals surface area contributed by atoms with Gasteiger partial charge in [-0.25, -0.2) is 22.6 Å².